The fourth-order valence-corrected chi connectivity index (χ4v) is 1.85. The predicted molar refractivity (Wildman–Crippen MR) is 76.9 cm³/mol. The number of carbonyl (C=O) groups is 2. The summed E-state index contributed by atoms with van der Waals surface area (Å²) in [5.41, 5.74) is -1.81. The molecule has 7 heteroatoms. The van der Waals surface area contributed by atoms with Gasteiger partial charge in [-0.2, -0.15) is 0 Å². The Balaban J connectivity index is 2.54. The van der Waals surface area contributed by atoms with Crippen LogP contribution in [0.15, 0.2) is 18.2 Å². The maximum Gasteiger partial charge on any atom is 0.239 e. The first kappa shape index (κ1) is 18.0. The third-order valence-corrected chi connectivity index (χ3v) is 3.06. The molecule has 22 heavy (non-hydrogen) atoms. The quantitative estimate of drug-likeness (QED) is 0.708. The number of aliphatic hydroxyl groups is 1. The van der Waals surface area contributed by atoms with E-state index in [-0.39, 0.29) is 24.6 Å². The summed E-state index contributed by atoms with van der Waals surface area (Å²) in [4.78, 5) is 22.8. The van der Waals surface area contributed by atoms with Crippen molar-refractivity contribution >= 4 is 11.8 Å². The zero-order valence-corrected chi connectivity index (χ0v) is 12.6. The van der Waals surface area contributed by atoms with E-state index >= 15 is 0 Å². The largest absolute Gasteiger partial charge is 0.383 e. The van der Waals surface area contributed by atoms with Crippen molar-refractivity contribution in [2.45, 2.75) is 32.3 Å². The second-order valence-corrected chi connectivity index (χ2v) is 5.20. The lowest BCUT2D eigenvalue weighted by molar-refractivity contribution is -0.126. The summed E-state index contributed by atoms with van der Waals surface area (Å²) >= 11 is 0. The van der Waals surface area contributed by atoms with Gasteiger partial charge < -0.3 is 15.7 Å². The van der Waals surface area contributed by atoms with Gasteiger partial charge in [-0.05, 0) is 19.4 Å². The molecule has 0 saturated carbocycles. The minimum absolute atomic E-state index is 0.121. The van der Waals surface area contributed by atoms with Crippen LogP contribution in [-0.4, -0.2) is 30.0 Å². The molecule has 0 bridgehead atoms. The van der Waals surface area contributed by atoms with Gasteiger partial charge in [0.1, 0.15) is 17.2 Å². The van der Waals surface area contributed by atoms with Gasteiger partial charge in [0.15, 0.2) is 0 Å². The molecular formula is C15H20F2N2O3. The lowest BCUT2D eigenvalue weighted by atomic mass is 9.95. The average molecular weight is 314 g/mol. The number of carbonyl (C=O) groups excluding carboxylic acids is 2. The Kier molecular flexibility index (Phi) is 6.42. The molecule has 1 rings (SSSR count). The van der Waals surface area contributed by atoms with Crippen molar-refractivity contribution in [1.29, 1.82) is 0 Å². The van der Waals surface area contributed by atoms with Gasteiger partial charge in [-0.3, -0.25) is 9.59 Å². The lowest BCUT2D eigenvalue weighted by Gasteiger charge is -2.24. The smallest absolute Gasteiger partial charge is 0.239 e. The van der Waals surface area contributed by atoms with Gasteiger partial charge in [-0.25, -0.2) is 8.78 Å². The van der Waals surface area contributed by atoms with Gasteiger partial charge in [0.2, 0.25) is 11.8 Å². The number of benzene rings is 1. The van der Waals surface area contributed by atoms with E-state index in [2.05, 4.69) is 10.6 Å². The van der Waals surface area contributed by atoms with Crippen molar-refractivity contribution in [1.82, 2.24) is 10.6 Å². The third kappa shape index (κ3) is 5.40. The van der Waals surface area contributed by atoms with Gasteiger partial charge in [0.05, 0.1) is 13.1 Å². The van der Waals surface area contributed by atoms with Gasteiger partial charge in [0, 0.05) is 18.1 Å². The first-order valence-electron chi connectivity index (χ1n) is 6.97. The highest BCUT2D eigenvalue weighted by molar-refractivity contribution is 5.84. The normalized spacial score (nSPS) is 13.3. The number of hydrogen-bond donors (Lipinski definition) is 3. The first-order chi connectivity index (χ1) is 10.3. The van der Waals surface area contributed by atoms with E-state index in [4.69, 9.17) is 0 Å². The second kappa shape index (κ2) is 7.84. The molecule has 0 aliphatic carbocycles. The van der Waals surface area contributed by atoms with Crippen LogP contribution in [0.25, 0.3) is 0 Å². The standard InChI is InChI=1S/C15H20F2N2O3/c1-3-4-13(20)18-8-14(21)19-9-15(2,22)11-6-5-10(16)7-12(11)17/h5-7,22H,3-4,8-9H2,1-2H3,(H,18,20)(H,19,21). The molecule has 1 atom stereocenters. The van der Waals surface area contributed by atoms with Crippen molar-refractivity contribution in [2.24, 2.45) is 0 Å². The molecule has 0 aromatic heterocycles. The number of hydrogen-bond acceptors (Lipinski definition) is 3. The Labute approximate surface area is 127 Å². The summed E-state index contributed by atoms with van der Waals surface area (Å²) in [6.45, 7) is 2.66. The van der Waals surface area contributed by atoms with Gasteiger partial charge in [0.25, 0.3) is 0 Å². The monoisotopic (exact) mass is 314 g/mol. The molecule has 5 nitrogen and oxygen atoms in total. The minimum atomic E-state index is -1.69. The molecule has 0 saturated heterocycles. The van der Waals surface area contributed by atoms with E-state index in [9.17, 15) is 23.5 Å². The van der Waals surface area contributed by atoms with Crippen molar-refractivity contribution in [2.75, 3.05) is 13.1 Å². The first-order valence-corrected chi connectivity index (χ1v) is 6.97. The molecule has 0 spiro atoms. The Bertz CT molecular complexity index is 548. The van der Waals surface area contributed by atoms with E-state index in [0.717, 1.165) is 12.1 Å². The van der Waals surface area contributed by atoms with E-state index in [0.29, 0.717) is 18.9 Å². The summed E-state index contributed by atoms with van der Waals surface area (Å²) in [5, 5.41) is 15.0. The highest BCUT2D eigenvalue weighted by Crippen LogP contribution is 2.23. The van der Waals surface area contributed by atoms with Gasteiger partial charge in [-0.1, -0.05) is 13.0 Å². The van der Waals surface area contributed by atoms with Crippen LogP contribution in [0.1, 0.15) is 32.3 Å². The van der Waals surface area contributed by atoms with Crippen LogP contribution in [0.3, 0.4) is 0 Å². The number of nitrogens with one attached hydrogen (secondary N) is 2. The van der Waals surface area contributed by atoms with Crippen LogP contribution in [0, 0.1) is 11.6 Å². The summed E-state index contributed by atoms with van der Waals surface area (Å²) in [5.74, 6) is -2.39. The van der Waals surface area contributed by atoms with Crippen molar-refractivity contribution in [3.63, 3.8) is 0 Å². The van der Waals surface area contributed by atoms with Gasteiger partial charge in [-0.15, -0.1) is 0 Å². The molecule has 0 fully saturated rings. The molecule has 3 N–H and O–H groups in total. The zero-order chi connectivity index (χ0) is 16.8. The zero-order valence-electron chi connectivity index (χ0n) is 12.6. The average Bonchev–Trinajstić information content (AvgIpc) is 2.43. The van der Waals surface area contributed by atoms with E-state index in [1.807, 2.05) is 6.92 Å². The molecule has 0 heterocycles. The van der Waals surface area contributed by atoms with Gasteiger partial charge >= 0.3 is 0 Å². The molecule has 2 amide bonds. The summed E-state index contributed by atoms with van der Waals surface area (Å²) in [6.07, 6.45) is 0.998. The topological polar surface area (TPSA) is 78.4 Å². The Morgan fingerprint density at radius 3 is 2.50 bits per heavy atom. The second-order valence-electron chi connectivity index (χ2n) is 5.20. The maximum absolute atomic E-state index is 13.6. The van der Waals surface area contributed by atoms with Crippen LogP contribution >= 0.6 is 0 Å². The third-order valence-electron chi connectivity index (χ3n) is 3.06. The fraction of sp³-hybridized carbons (Fsp3) is 0.467. The molecule has 0 aliphatic rings. The fourth-order valence-electron chi connectivity index (χ4n) is 1.85. The predicted octanol–water partition coefficient (Wildman–Crippen LogP) is 1.20. The van der Waals surface area contributed by atoms with Crippen LogP contribution in [0.2, 0.25) is 0 Å². The van der Waals surface area contributed by atoms with Crippen LogP contribution < -0.4 is 10.6 Å². The van der Waals surface area contributed by atoms with Crippen LogP contribution in [0.4, 0.5) is 8.78 Å². The lowest BCUT2D eigenvalue weighted by Crippen LogP contribution is -2.43. The Morgan fingerprint density at radius 1 is 1.23 bits per heavy atom. The van der Waals surface area contributed by atoms with Crippen molar-refractivity contribution in [3.05, 3.63) is 35.4 Å². The van der Waals surface area contributed by atoms with E-state index < -0.39 is 23.1 Å². The SMILES string of the molecule is CCCC(=O)NCC(=O)NCC(C)(O)c1ccc(F)cc1F. The molecular weight excluding hydrogens is 294 g/mol. The highest BCUT2D eigenvalue weighted by atomic mass is 19.1. The highest BCUT2D eigenvalue weighted by Gasteiger charge is 2.27. The maximum atomic E-state index is 13.6. The van der Waals surface area contributed by atoms with Crippen LogP contribution in [-0.2, 0) is 15.2 Å². The molecule has 1 aromatic rings. The number of halogens is 2. The van der Waals surface area contributed by atoms with Crippen LogP contribution in [0.5, 0.6) is 0 Å². The Hall–Kier alpha value is -2.02. The Morgan fingerprint density at radius 2 is 1.91 bits per heavy atom. The van der Waals surface area contributed by atoms with Crippen molar-refractivity contribution < 1.29 is 23.5 Å². The molecule has 1 aromatic carbocycles. The van der Waals surface area contributed by atoms with Crippen molar-refractivity contribution in [3.8, 4) is 0 Å². The summed E-state index contributed by atoms with van der Waals surface area (Å²) < 4.78 is 26.5. The number of rotatable bonds is 7. The molecule has 1 unspecified atom stereocenters. The molecule has 0 aliphatic heterocycles. The summed E-state index contributed by atoms with van der Waals surface area (Å²) in [7, 11) is 0. The minimum Gasteiger partial charge on any atom is -0.383 e. The van der Waals surface area contributed by atoms with E-state index in [1.165, 1.54) is 6.92 Å². The molecule has 0 radical (unpaired) electrons. The van der Waals surface area contributed by atoms with E-state index in [1.54, 1.807) is 0 Å². The summed E-state index contributed by atoms with van der Waals surface area (Å²) in [6, 6.07) is 2.82. The molecule has 122 valence electrons. The number of amides is 2.